The molecule has 1 aliphatic rings. The van der Waals surface area contributed by atoms with Crippen molar-refractivity contribution in [3.05, 3.63) is 95.7 Å². The van der Waals surface area contributed by atoms with Crippen molar-refractivity contribution >= 4 is 0 Å². The third-order valence-electron chi connectivity index (χ3n) is 5.55. The second kappa shape index (κ2) is 10.4. The molecule has 2 atom stereocenters. The number of ether oxygens (including phenoxy) is 2. The first-order valence-electron chi connectivity index (χ1n) is 10.8. The molecule has 4 rings (SSSR count). The molecular weight excluding hydrogens is 372 g/mol. The lowest BCUT2D eigenvalue weighted by atomic mass is 10.1. The van der Waals surface area contributed by atoms with Gasteiger partial charge in [-0.2, -0.15) is 0 Å². The Morgan fingerprint density at radius 2 is 1.73 bits per heavy atom. The van der Waals surface area contributed by atoms with Crippen molar-refractivity contribution in [1.29, 1.82) is 0 Å². The average molecular weight is 403 g/mol. The highest BCUT2D eigenvalue weighted by Gasteiger charge is 2.34. The summed E-state index contributed by atoms with van der Waals surface area (Å²) in [5, 5.41) is 0. The van der Waals surface area contributed by atoms with Crippen molar-refractivity contribution in [2.45, 2.75) is 38.5 Å². The molecule has 1 aliphatic heterocycles. The van der Waals surface area contributed by atoms with E-state index in [0.717, 1.165) is 31.5 Å². The molecule has 3 aromatic rings. The highest BCUT2D eigenvalue weighted by molar-refractivity contribution is 5.23. The smallest absolute Gasteiger partial charge is 0.216 e. The number of nitrogens with zero attached hydrogens (tertiary/aromatic N) is 2. The second-order valence-electron chi connectivity index (χ2n) is 7.90. The maximum Gasteiger partial charge on any atom is 0.216 e. The Kier molecular flexibility index (Phi) is 7.11. The van der Waals surface area contributed by atoms with Crippen molar-refractivity contribution in [1.82, 2.24) is 9.88 Å². The molecule has 156 valence electrons. The molecular formula is C26H30N2O2. The summed E-state index contributed by atoms with van der Waals surface area (Å²) in [4.78, 5) is 6.78. The molecule has 0 aliphatic carbocycles. The van der Waals surface area contributed by atoms with E-state index in [1.807, 2.05) is 25.1 Å². The van der Waals surface area contributed by atoms with Gasteiger partial charge in [0.05, 0.1) is 0 Å². The van der Waals surface area contributed by atoms with Crippen LogP contribution in [0.15, 0.2) is 79.0 Å². The number of unbranched alkanes of at least 4 members (excludes halogenated alkanes) is 1. The predicted octanol–water partition coefficient (Wildman–Crippen LogP) is 5.19. The van der Waals surface area contributed by atoms with E-state index >= 15 is 0 Å². The molecule has 0 radical (unpaired) electrons. The van der Waals surface area contributed by atoms with Crippen LogP contribution in [0.4, 0.5) is 0 Å². The Morgan fingerprint density at radius 3 is 2.50 bits per heavy atom. The molecule has 0 bridgehead atoms. The van der Waals surface area contributed by atoms with Crippen molar-refractivity contribution in [3.8, 4) is 5.88 Å². The van der Waals surface area contributed by atoms with Crippen LogP contribution < -0.4 is 4.74 Å². The van der Waals surface area contributed by atoms with Crippen LogP contribution in [0, 0.1) is 6.92 Å². The summed E-state index contributed by atoms with van der Waals surface area (Å²) < 4.78 is 12.4. The molecule has 0 N–H and O–H groups in total. The second-order valence-corrected chi connectivity index (χ2v) is 7.90. The van der Waals surface area contributed by atoms with Crippen LogP contribution in [0.3, 0.4) is 0 Å². The van der Waals surface area contributed by atoms with Crippen LogP contribution in [-0.4, -0.2) is 35.7 Å². The lowest BCUT2D eigenvalue weighted by Crippen LogP contribution is -2.28. The summed E-state index contributed by atoms with van der Waals surface area (Å²) in [5.74, 6) is 0.693. The maximum atomic E-state index is 6.41. The SMILES string of the molecule is Cc1cccnc1OCC1CN(CCCCc2ccccc2)C(c2ccccc2)O1. The van der Waals surface area contributed by atoms with Crippen LogP contribution >= 0.6 is 0 Å². The highest BCUT2D eigenvalue weighted by Crippen LogP contribution is 2.31. The van der Waals surface area contributed by atoms with E-state index in [1.54, 1.807) is 6.20 Å². The number of aromatic nitrogens is 1. The normalized spacial score (nSPS) is 19.1. The van der Waals surface area contributed by atoms with Crippen LogP contribution in [0.2, 0.25) is 0 Å². The van der Waals surface area contributed by atoms with Gasteiger partial charge in [-0.15, -0.1) is 0 Å². The van der Waals surface area contributed by atoms with Gasteiger partial charge >= 0.3 is 0 Å². The summed E-state index contributed by atoms with van der Waals surface area (Å²) in [5.41, 5.74) is 3.66. The highest BCUT2D eigenvalue weighted by atomic mass is 16.6. The van der Waals surface area contributed by atoms with Gasteiger partial charge in [0.15, 0.2) is 0 Å². The summed E-state index contributed by atoms with van der Waals surface area (Å²) in [6, 6.07) is 25.2. The van der Waals surface area contributed by atoms with Crippen LogP contribution in [-0.2, 0) is 11.2 Å². The summed E-state index contributed by atoms with van der Waals surface area (Å²) >= 11 is 0. The Bertz CT molecular complexity index is 901. The first kappa shape index (κ1) is 20.6. The van der Waals surface area contributed by atoms with Crippen LogP contribution in [0.25, 0.3) is 0 Å². The Balaban J connectivity index is 1.34. The quantitative estimate of drug-likeness (QED) is 0.461. The summed E-state index contributed by atoms with van der Waals surface area (Å²) in [7, 11) is 0. The topological polar surface area (TPSA) is 34.6 Å². The number of benzene rings is 2. The van der Waals surface area contributed by atoms with Crippen LogP contribution in [0.1, 0.15) is 35.8 Å². The Labute approximate surface area is 179 Å². The zero-order chi connectivity index (χ0) is 20.6. The van der Waals surface area contributed by atoms with Gasteiger partial charge in [-0.25, -0.2) is 4.98 Å². The molecule has 4 nitrogen and oxygen atoms in total. The zero-order valence-electron chi connectivity index (χ0n) is 17.6. The predicted molar refractivity (Wildman–Crippen MR) is 119 cm³/mol. The minimum absolute atomic E-state index is 0.0126. The van der Waals surface area contributed by atoms with E-state index in [4.69, 9.17) is 9.47 Å². The van der Waals surface area contributed by atoms with E-state index in [9.17, 15) is 0 Å². The molecule has 1 saturated heterocycles. The average Bonchev–Trinajstić information content (AvgIpc) is 3.20. The molecule has 0 saturated carbocycles. The van der Waals surface area contributed by atoms with Crippen molar-refractivity contribution < 1.29 is 9.47 Å². The zero-order valence-corrected chi connectivity index (χ0v) is 17.6. The van der Waals surface area contributed by atoms with Gasteiger partial charge in [-0.1, -0.05) is 66.7 Å². The number of hydrogen-bond acceptors (Lipinski definition) is 4. The van der Waals surface area contributed by atoms with Gasteiger partial charge < -0.3 is 9.47 Å². The summed E-state index contributed by atoms with van der Waals surface area (Å²) in [6.45, 7) is 4.42. The van der Waals surface area contributed by atoms with E-state index < -0.39 is 0 Å². The van der Waals surface area contributed by atoms with Gasteiger partial charge in [-0.05, 0) is 43.4 Å². The van der Waals surface area contributed by atoms with E-state index in [0.29, 0.717) is 12.5 Å². The number of aryl methyl sites for hydroxylation is 2. The molecule has 1 fully saturated rings. The monoisotopic (exact) mass is 402 g/mol. The standard InChI is InChI=1S/C26H30N2O2/c1-21-11-10-17-27-25(21)29-20-24-19-28(26(30-24)23-15-6-3-7-16-23)18-9-8-14-22-12-4-2-5-13-22/h2-7,10-13,15-17,24,26H,8-9,14,18-20H2,1H3. The fourth-order valence-electron chi connectivity index (χ4n) is 3.96. The molecule has 0 spiro atoms. The Hall–Kier alpha value is -2.69. The first-order chi connectivity index (χ1) is 14.8. The van der Waals surface area contributed by atoms with Gasteiger partial charge in [0.25, 0.3) is 0 Å². The summed E-state index contributed by atoms with van der Waals surface area (Å²) in [6.07, 6.45) is 5.23. The third-order valence-corrected chi connectivity index (χ3v) is 5.55. The number of pyridine rings is 1. The van der Waals surface area contributed by atoms with Gasteiger partial charge in [0.1, 0.15) is 18.9 Å². The first-order valence-corrected chi connectivity index (χ1v) is 10.8. The molecule has 0 amide bonds. The lowest BCUT2D eigenvalue weighted by Gasteiger charge is -2.23. The van der Waals surface area contributed by atoms with Crippen molar-refractivity contribution in [3.63, 3.8) is 0 Å². The molecule has 2 unspecified atom stereocenters. The van der Waals surface area contributed by atoms with E-state index in [2.05, 4.69) is 64.5 Å². The molecule has 1 aromatic heterocycles. The van der Waals surface area contributed by atoms with E-state index in [1.165, 1.54) is 17.5 Å². The third kappa shape index (κ3) is 5.47. The minimum atomic E-state index is -0.0126. The van der Waals surface area contributed by atoms with Crippen molar-refractivity contribution in [2.24, 2.45) is 0 Å². The fraction of sp³-hybridized carbons (Fsp3) is 0.346. The molecule has 30 heavy (non-hydrogen) atoms. The fourth-order valence-corrected chi connectivity index (χ4v) is 3.96. The minimum Gasteiger partial charge on any atom is -0.475 e. The Morgan fingerprint density at radius 1 is 0.967 bits per heavy atom. The lowest BCUT2D eigenvalue weighted by molar-refractivity contribution is -0.0167. The maximum absolute atomic E-state index is 6.41. The largest absolute Gasteiger partial charge is 0.475 e. The van der Waals surface area contributed by atoms with Gasteiger partial charge in [-0.3, -0.25) is 4.90 Å². The van der Waals surface area contributed by atoms with Gasteiger partial charge in [0, 0.05) is 24.8 Å². The number of hydrogen-bond donors (Lipinski definition) is 0. The molecule has 2 aromatic carbocycles. The number of rotatable bonds is 9. The van der Waals surface area contributed by atoms with Crippen molar-refractivity contribution in [2.75, 3.05) is 19.7 Å². The molecule has 4 heteroatoms. The van der Waals surface area contributed by atoms with Gasteiger partial charge in [0.2, 0.25) is 5.88 Å². The van der Waals surface area contributed by atoms with E-state index in [-0.39, 0.29) is 12.3 Å². The van der Waals surface area contributed by atoms with Crippen LogP contribution in [0.5, 0.6) is 5.88 Å². The molecule has 2 heterocycles.